The quantitative estimate of drug-likeness (QED) is 0.829. The fourth-order valence-corrected chi connectivity index (χ4v) is 3.10. The van der Waals surface area contributed by atoms with E-state index in [1.165, 1.54) is 4.90 Å². The third-order valence-electron chi connectivity index (χ3n) is 4.68. The highest BCUT2D eigenvalue weighted by molar-refractivity contribution is 5.65. The zero-order chi connectivity index (χ0) is 17.9. The maximum Gasteiger partial charge on any atom is 0.407 e. The van der Waals surface area contributed by atoms with Gasteiger partial charge in [0, 0.05) is 19.0 Å². The molecular weight excluding hydrogens is 306 g/mol. The van der Waals surface area contributed by atoms with Crippen LogP contribution >= 0.6 is 0 Å². The van der Waals surface area contributed by atoms with E-state index in [9.17, 15) is 15.2 Å². The Morgan fingerprint density at radius 1 is 1.46 bits per heavy atom. The first-order chi connectivity index (χ1) is 11.2. The molecule has 2 unspecified atom stereocenters. The summed E-state index contributed by atoms with van der Waals surface area (Å²) < 4.78 is 5.82. The normalized spacial score (nSPS) is 21.2. The zero-order valence-electron chi connectivity index (χ0n) is 14.5. The Hall–Kier alpha value is -2.42. The van der Waals surface area contributed by atoms with Crippen molar-refractivity contribution in [1.82, 2.24) is 4.90 Å². The van der Waals surface area contributed by atoms with E-state index < -0.39 is 6.09 Å². The monoisotopic (exact) mass is 331 g/mol. The Balaban J connectivity index is 2.10. The number of hydrogen-bond acceptors (Lipinski definition) is 4. The summed E-state index contributed by atoms with van der Waals surface area (Å²) in [7, 11) is 0. The second-order valence-electron chi connectivity index (χ2n) is 7.50. The van der Waals surface area contributed by atoms with E-state index in [1.807, 2.05) is 0 Å². The van der Waals surface area contributed by atoms with Gasteiger partial charge in [0.2, 0.25) is 0 Å². The summed E-state index contributed by atoms with van der Waals surface area (Å²) in [5.74, 6) is 0.816. The third kappa shape index (κ3) is 4.10. The number of nitrogens with zero attached hydrogens (tertiary/aromatic N) is 2. The predicted octanol–water partition coefficient (Wildman–Crippen LogP) is 3.18. The molecule has 1 aliphatic heterocycles. The first-order valence-corrected chi connectivity index (χ1v) is 8.11. The standard InChI is InChI=1S/C18H25N3O3/c1-18(2,3)13-7-12(9-21(10-13)17(22)23)11-24-16-6-4-5-15(20)14(16)8-19/h4-6,12-13H,7,9-11,20H2,1-3H3,(H,22,23). The molecule has 2 atom stereocenters. The van der Waals surface area contributed by atoms with Crippen LogP contribution in [0.3, 0.4) is 0 Å². The highest BCUT2D eigenvalue weighted by atomic mass is 16.5. The molecular formula is C18H25N3O3. The van der Waals surface area contributed by atoms with Crippen molar-refractivity contribution in [3.05, 3.63) is 23.8 Å². The van der Waals surface area contributed by atoms with Crippen molar-refractivity contribution in [2.75, 3.05) is 25.4 Å². The van der Waals surface area contributed by atoms with Crippen molar-refractivity contribution in [2.45, 2.75) is 27.2 Å². The first kappa shape index (κ1) is 17.9. The van der Waals surface area contributed by atoms with Crippen LogP contribution in [0.2, 0.25) is 0 Å². The van der Waals surface area contributed by atoms with Crippen LogP contribution in [0, 0.1) is 28.6 Å². The van der Waals surface area contributed by atoms with Gasteiger partial charge in [-0.25, -0.2) is 4.79 Å². The predicted molar refractivity (Wildman–Crippen MR) is 91.7 cm³/mol. The minimum atomic E-state index is -0.893. The van der Waals surface area contributed by atoms with E-state index >= 15 is 0 Å². The molecule has 6 nitrogen and oxygen atoms in total. The van der Waals surface area contributed by atoms with E-state index in [1.54, 1.807) is 18.2 Å². The van der Waals surface area contributed by atoms with Crippen molar-refractivity contribution in [2.24, 2.45) is 17.3 Å². The van der Waals surface area contributed by atoms with E-state index in [-0.39, 0.29) is 17.3 Å². The second-order valence-corrected chi connectivity index (χ2v) is 7.50. The lowest BCUT2D eigenvalue weighted by molar-refractivity contribution is 0.0444. The number of carbonyl (C=O) groups is 1. The molecule has 130 valence electrons. The molecule has 1 saturated heterocycles. The number of piperidine rings is 1. The van der Waals surface area contributed by atoms with Crippen LogP contribution in [0.5, 0.6) is 5.75 Å². The molecule has 1 heterocycles. The molecule has 1 fully saturated rings. The highest BCUT2D eigenvalue weighted by Gasteiger charge is 2.36. The molecule has 0 aliphatic carbocycles. The van der Waals surface area contributed by atoms with Crippen molar-refractivity contribution in [3.8, 4) is 11.8 Å². The topological polar surface area (TPSA) is 99.6 Å². The zero-order valence-corrected chi connectivity index (χ0v) is 14.5. The van der Waals surface area contributed by atoms with Gasteiger partial charge >= 0.3 is 6.09 Å². The number of nitriles is 1. The first-order valence-electron chi connectivity index (χ1n) is 8.11. The molecule has 0 aromatic heterocycles. The second kappa shape index (κ2) is 7.00. The summed E-state index contributed by atoms with van der Waals surface area (Å²) in [5.41, 5.74) is 6.54. The Labute approximate surface area is 142 Å². The number of hydrogen-bond donors (Lipinski definition) is 2. The molecule has 1 amide bonds. The van der Waals surface area contributed by atoms with Crippen molar-refractivity contribution in [1.29, 1.82) is 5.26 Å². The average molecular weight is 331 g/mol. The molecule has 2 rings (SSSR count). The summed E-state index contributed by atoms with van der Waals surface area (Å²) in [6, 6.07) is 7.18. The van der Waals surface area contributed by atoms with Crippen molar-refractivity contribution >= 4 is 11.8 Å². The van der Waals surface area contributed by atoms with Crippen LogP contribution in [0.1, 0.15) is 32.8 Å². The fourth-order valence-electron chi connectivity index (χ4n) is 3.10. The molecule has 24 heavy (non-hydrogen) atoms. The van der Waals surface area contributed by atoms with E-state index in [0.717, 1.165) is 6.42 Å². The number of amides is 1. The van der Waals surface area contributed by atoms with Gasteiger partial charge < -0.3 is 20.5 Å². The number of benzene rings is 1. The number of rotatable bonds is 3. The molecule has 1 aliphatic rings. The van der Waals surface area contributed by atoms with Crippen LogP contribution in [0.4, 0.5) is 10.5 Å². The Morgan fingerprint density at radius 2 is 2.17 bits per heavy atom. The maximum absolute atomic E-state index is 11.4. The fraction of sp³-hybridized carbons (Fsp3) is 0.556. The summed E-state index contributed by atoms with van der Waals surface area (Å²) in [6.45, 7) is 7.77. The minimum Gasteiger partial charge on any atom is -0.492 e. The molecule has 0 saturated carbocycles. The van der Waals surface area contributed by atoms with Crippen LogP contribution < -0.4 is 10.5 Å². The summed E-state index contributed by atoms with van der Waals surface area (Å²) in [6.07, 6.45) is 0.00734. The Morgan fingerprint density at radius 3 is 2.75 bits per heavy atom. The SMILES string of the molecule is CC(C)(C)C1CC(COc2cccc(N)c2C#N)CN(C(=O)O)C1. The molecule has 0 radical (unpaired) electrons. The van der Waals surface area contributed by atoms with E-state index in [0.29, 0.717) is 36.7 Å². The van der Waals surface area contributed by atoms with Crippen LogP contribution in [-0.4, -0.2) is 35.8 Å². The van der Waals surface area contributed by atoms with E-state index in [2.05, 4.69) is 26.8 Å². The van der Waals surface area contributed by atoms with Gasteiger partial charge in [-0.05, 0) is 29.9 Å². The number of carboxylic acid groups (broad SMARTS) is 1. The lowest BCUT2D eigenvalue weighted by atomic mass is 9.73. The van der Waals surface area contributed by atoms with Gasteiger partial charge in [0.15, 0.2) is 0 Å². The highest BCUT2D eigenvalue weighted by Crippen LogP contribution is 2.36. The van der Waals surface area contributed by atoms with Gasteiger partial charge in [-0.3, -0.25) is 0 Å². The van der Waals surface area contributed by atoms with Crippen LogP contribution in [-0.2, 0) is 0 Å². The molecule has 0 spiro atoms. The number of nitrogen functional groups attached to an aromatic ring is 1. The van der Waals surface area contributed by atoms with Crippen molar-refractivity contribution in [3.63, 3.8) is 0 Å². The van der Waals surface area contributed by atoms with Crippen LogP contribution in [0.15, 0.2) is 18.2 Å². The largest absolute Gasteiger partial charge is 0.492 e. The third-order valence-corrected chi connectivity index (χ3v) is 4.68. The lowest BCUT2D eigenvalue weighted by Crippen LogP contribution is -2.48. The van der Waals surface area contributed by atoms with Gasteiger partial charge in [-0.2, -0.15) is 5.26 Å². The number of ether oxygens (including phenoxy) is 1. The van der Waals surface area contributed by atoms with Crippen molar-refractivity contribution < 1.29 is 14.6 Å². The average Bonchev–Trinajstić information content (AvgIpc) is 2.51. The van der Waals surface area contributed by atoms with Gasteiger partial charge in [-0.15, -0.1) is 0 Å². The van der Waals surface area contributed by atoms with Crippen LogP contribution in [0.25, 0.3) is 0 Å². The van der Waals surface area contributed by atoms with Gasteiger partial charge in [-0.1, -0.05) is 26.8 Å². The van der Waals surface area contributed by atoms with Gasteiger partial charge in [0.1, 0.15) is 17.4 Å². The molecule has 3 N–H and O–H groups in total. The smallest absolute Gasteiger partial charge is 0.407 e. The number of likely N-dealkylation sites (tertiary alicyclic amines) is 1. The number of nitrogens with two attached hydrogens (primary N) is 1. The molecule has 1 aromatic rings. The van der Waals surface area contributed by atoms with E-state index in [4.69, 9.17) is 10.5 Å². The lowest BCUT2D eigenvalue weighted by Gasteiger charge is -2.42. The van der Waals surface area contributed by atoms with Gasteiger partial charge in [0.05, 0.1) is 12.3 Å². The number of anilines is 1. The Kier molecular flexibility index (Phi) is 5.23. The molecule has 0 bridgehead atoms. The van der Waals surface area contributed by atoms with Gasteiger partial charge in [0.25, 0.3) is 0 Å². The minimum absolute atomic E-state index is 0.0291. The molecule has 1 aromatic carbocycles. The Bertz CT molecular complexity index is 646. The summed E-state index contributed by atoms with van der Waals surface area (Å²) in [4.78, 5) is 12.9. The summed E-state index contributed by atoms with van der Waals surface area (Å²) >= 11 is 0. The maximum atomic E-state index is 11.4. The molecule has 6 heteroatoms. The summed E-state index contributed by atoms with van der Waals surface area (Å²) in [5, 5.41) is 18.6.